The van der Waals surface area contributed by atoms with Crippen LogP contribution in [0, 0.1) is 0 Å². The zero-order chi connectivity index (χ0) is 23.6. The lowest BCUT2D eigenvalue weighted by Crippen LogP contribution is -2.31. The van der Waals surface area contributed by atoms with E-state index in [0.717, 1.165) is 23.6 Å². The van der Waals surface area contributed by atoms with E-state index in [4.69, 9.17) is 26.6 Å². The lowest BCUT2D eigenvalue weighted by atomic mass is 9.88. The molecule has 6 nitrogen and oxygen atoms in total. The number of carboxylic acid groups (broad SMARTS) is 2. The second-order valence-corrected chi connectivity index (χ2v) is 8.27. The van der Waals surface area contributed by atoms with Crippen molar-refractivity contribution in [2.24, 2.45) is 0 Å². The average molecular weight is 460 g/mol. The van der Waals surface area contributed by atoms with Gasteiger partial charge in [-0.25, -0.2) is 9.59 Å². The van der Waals surface area contributed by atoms with Gasteiger partial charge in [-0.3, -0.25) is 0 Å². The number of carbonyl (C=O) groups is 2. The molecule has 172 valence electrons. The van der Waals surface area contributed by atoms with Crippen LogP contribution < -0.4 is 0 Å². The first kappa shape index (κ1) is 25.6. The van der Waals surface area contributed by atoms with Crippen LogP contribution in [0.4, 0.5) is 0 Å². The Kier molecular flexibility index (Phi) is 9.91. The van der Waals surface area contributed by atoms with Gasteiger partial charge in [0.15, 0.2) is 0 Å². The maximum atomic E-state index is 9.55. The topological polar surface area (TPSA) is 87.1 Å². The highest BCUT2D eigenvalue weighted by atomic mass is 35.5. The molecule has 0 amide bonds. The number of halogens is 1. The van der Waals surface area contributed by atoms with Gasteiger partial charge in [-0.1, -0.05) is 54.1 Å². The van der Waals surface area contributed by atoms with Crippen LogP contribution in [0.5, 0.6) is 0 Å². The number of carboxylic acids is 2. The number of likely N-dealkylation sites (tertiary alicyclic amines) is 1. The monoisotopic (exact) mass is 459 g/mol. The molecule has 1 aliphatic heterocycles. The summed E-state index contributed by atoms with van der Waals surface area (Å²) < 4.78 is 6.48. The Hall–Kier alpha value is -2.67. The number of rotatable bonds is 8. The molecule has 1 saturated heterocycles. The molecule has 0 saturated carbocycles. The summed E-state index contributed by atoms with van der Waals surface area (Å²) in [7, 11) is 2.22. The first-order valence-corrected chi connectivity index (χ1v) is 10.9. The molecule has 0 aliphatic carbocycles. The predicted octanol–water partition coefficient (Wildman–Crippen LogP) is 4.82. The van der Waals surface area contributed by atoms with Gasteiger partial charge in [-0.05, 0) is 63.0 Å². The second-order valence-electron chi connectivity index (χ2n) is 7.83. The molecule has 2 aromatic carbocycles. The number of ether oxygens (including phenoxy) is 1. The van der Waals surface area contributed by atoms with Gasteiger partial charge in [0.2, 0.25) is 0 Å². The van der Waals surface area contributed by atoms with Gasteiger partial charge >= 0.3 is 11.9 Å². The van der Waals surface area contributed by atoms with E-state index in [1.165, 1.54) is 24.9 Å². The molecule has 2 atom stereocenters. The lowest BCUT2D eigenvalue weighted by molar-refractivity contribution is -0.134. The third-order valence-corrected chi connectivity index (χ3v) is 5.85. The van der Waals surface area contributed by atoms with Crippen LogP contribution in [0.25, 0.3) is 0 Å². The number of nitrogens with zero attached hydrogens (tertiary/aromatic N) is 1. The van der Waals surface area contributed by atoms with Crippen molar-refractivity contribution < 1.29 is 24.5 Å². The van der Waals surface area contributed by atoms with Crippen LogP contribution in [-0.4, -0.2) is 53.3 Å². The SMILES string of the molecule is CN1CCCC1CCO[C@@](C)(c1ccccc1)c1ccc(Cl)cc1.O=C(O)/C=C/C(=O)O. The van der Waals surface area contributed by atoms with Crippen LogP contribution in [0.1, 0.15) is 37.3 Å². The standard InChI is InChI=1S/C21H26ClNO.C4H4O4/c1-21(17-7-4-3-5-8-17,18-10-12-19(22)13-11-18)24-16-14-20-9-6-15-23(20)2;5-3(6)1-2-4(7)8/h3-5,7-8,10-13,20H,6,9,14-16H2,1-2H3;1-2H,(H,5,6)(H,7,8)/b;2-1+/t20?,21-;/m0./s1. The fraction of sp³-hybridized carbons (Fsp3) is 0.360. The molecular weight excluding hydrogens is 430 g/mol. The van der Waals surface area contributed by atoms with E-state index < -0.39 is 17.5 Å². The molecular formula is C25H30ClNO5. The highest BCUT2D eigenvalue weighted by Crippen LogP contribution is 2.34. The molecule has 0 bridgehead atoms. The highest BCUT2D eigenvalue weighted by Gasteiger charge is 2.30. The molecule has 0 aromatic heterocycles. The van der Waals surface area contributed by atoms with E-state index in [1.54, 1.807) is 0 Å². The van der Waals surface area contributed by atoms with Crippen LogP contribution >= 0.6 is 11.6 Å². The van der Waals surface area contributed by atoms with Crippen molar-refractivity contribution >= 4 is 23.5 Å². The average Bonchev–Trinajstić information content (AvgIpc) is 3.18. The summed E-state index contributed by atoms with van der Waals surface area (Å²) in [6, 6.07) is 19.1. The Balaban J connectivity index is 0.000000390. The van der Waals surface area contributed by atoms with Crippen LogP contribution in [0.15, 0.2) is 66.7 Å². The van der Waals surface area contributed by atoms with Gasteiger partial charge in [0.25, 0.3) is 0 Å². The molecule has 7 heteroatoms. The van der Waals surface area contributed by atoms with Gasteiger partial charge < -0.3 is 19.8 Å². The van der Waals surface area contributed by atoms with Crippen molar-refractivity contribution in [2.75, 3.05) is 20.2 Å². The molecule has 3 rings (SSSR count). The van der Waals surface area contributed by atoms with Gasteiger partial charge in [0.1, 0.15) is 5.60 Å². The van der Waals surface area contributed by atoms with Crippen molar-refractivity contribution in [1.82, 2.24) is 4.90 Å². The minimum Gasteiger partial charge on any atom is -0.478 e. The summed E-state index contributed by atoms with van der Waals surface area (Å²) >= 11 is 6.07. The summed E-state index contributed by atoms with van der Waals surface area (Å²) in [6.07, 6.45) is 4.77. The molecule has 2 N–H and O–H groups in total. The Labute approximate surface area is 194 Å². The maximum absolute atomic E-state index is 9.55. The smallest absolute Gasteiger partial charge is 0.328 e. The summed E-state index contributed by atoms with van der Waals surface area (Å²) in [6.45, 7) is 4.12. The Bertz CT molecular complexity index is 884. The van der Waals surface area contributed by atoms with Gasteiger partial charge in [0, 0.05) is 29.8 Å². The van der Waals surface area contributed by atoms with Crippen molar-refractivity contribution in [3.63, 3.8) is 0 Å². The third-order valence-electron chi connectivity index (χ3n) is 5.60. The van der Waals surface area contributed by atoms with Crippen LogP contribution in [0.2, 0.25) is 5.02 Å². The molecule has 1 aliphatic rings. The summed E-state index contributed by atoms with van der Waals surface area (Å²) in [5.41, 5.74) is 1.85. The molecule has 1 heterocycles. The molecule has 2 aromatic rings. The zero-order valence-corrected chi connectivity index (χ0v) is 19.2. The van der Waals surface area contributed by atoms with E-state index in [2.05, 4.69) is 55.3 Å². The fourth-order valence-electron chi connectivity index (χ4n) is 3.74. The molecule has 0 spiro atoms. The van der Waals surface area contributed by atoms with Crippen LogP contribution in [-0.2, 0) is 19.9 Å². The van der Waals surface area contributed by atoms with E-state index in [0.29, 0.717) is 18.2 Å². The number of benzene rings is 2. The molecule has 1 unspecified atom stereocenters. The van der Waals surface area contributed by atoms with Crippen LogP contribution in [0.3, 0.4) is 0 Å². The summed E-state index contributed by atoms with van der Waals surface area (Å²) in [5.74, 6) is -2.51. The number of hydrogen-bond donors (Lipinski definition) is 2. The number of hydrogen-bond acceptors (Lipinski definition) is 4. The largest absolute Gasteiger partial charge is 0.478 e. The highest BCUT2D eigenvalue weighted by molar-refractivity contribution is 6.30. The van der Waals surface area contributed by atoms with Gasteiger partial charge in [-0.15, -0.1) is 0 Å². The zero-order valence-electron chi connectivity index (χ0n) is 18.4. The van der Waals surface area contributed by atoms with E-state index in [9.17, 15) is 9.59 Å². The maximum Gasteiger partial charge on any atom is 0.328 e. The van der Waals surface area contributed by atoms with E-state index in [-0.39, 0.29) is 0 Å². The quantitative estimate of drug-likeness (QED) is 0.550. The number of aliphatic carboxylic acids is 2. The Morgan fingerprint density at radius 3 is 2.12 bits per heavy atom. The Morgan fingerprint density at radius 2 is 1.62 bits per heavy atom. The van der Waals surface area contributed by atoms with Crippen molar-refractivity contribution in [1.29, 1.82) is 0 Å². The van der Waals surface area contributed by atoms with Gasteiger partial charge in [0.05, 0.1) is 0 Å². The van der Waals surface area contributed by atoms with Crippen molar-refractivity contribution in [2.45, 2.75) is 37.8 Å². The first-order valence-electron chi connectivity index (χ1n) is 10.5. The lowest BCUT2D eigenvalue weighted by Gasteiger charge is -2.32. The summed E-state index contributed by atoms with van der Waals surface area (Å²) in [5, 5.41) is 16.4. The summed E-state index contributed by atoms with van der Waals surface area (Å²) in [4.78, 5) is 21.6. The molecule has 32 heavy (non-hydrogen) atoms. The first-order chi connectivity index (χ1) is 15.2. The minimum atomic E-state index is -1.26. The van der Waals surface area contributed by atoms with Gasteiger partial charge in [-0.2, -0.15) is 0 Å². The normalized spacial score (nSPS) is 18.0. The second kappa shape index (κ2) is 12.4. The van der Waals surface area contributed by atoms with Crippen molar-refractivity contribution in [3.05, 3.63) is 82.9 Å². The third kappa shape index (κ3) is 7.79. The fourth-order valence-corrected chi connectivity index (χ4v) is 3.87. The van der Waals surface area contributed by atoms with E-state index in [1.807, 2.05) is 18.2 Å². The predicted molar refractivity (Wildman–Crippen MR) is 125 cm³/mol. The molecule has 1 fully saturated rings. The molecule has 0 radical (unpaired) electrons. The van der Waals surface area contributed by atoms with Crippen molar-refractivity contribution in [3.8, 4) is 0 Å². The van der Waals surface area contributed by atoms with E-state index >= 15 is 0 Å². The minimum absolute atomic E-state index is 0.455. The Morgan fingerprint density at radius 1 is 1.06 bits per heavy atom.